The average Bonchev–Trinajstić information content (AvgIpc) is 2.76. The standard InChI is InChI=1S/C12H21BrN2O.C2H6/c1-8-2-3-10(13)11-12(8)15(7-14-11)6-9-4-5-16-9;1-2/h8-12,14H,2-7H2,1H3;1-2H3. The van der Waals surface area contributed by atoms with Crippen LogP contribution in [0.1, 0.15) is 40.0 Å². The molecular weight excluding hydrogens is 292 g/mol. The van der Waals surface area contributed by atoms with Crippen molar-refractivity contribution in [1.82, 2.24) is 10.2 Å². The maximum Gasteiger partial charge on any atom is 0.0724 e. The van der Waals surface area contributed by atoms with Crippen molar-refractivity contribution in [3.8, 4) is 0 Å². The third-order valence-electron chi connectivity index (χ3n) is 4.42. The van der Waals surface area contributed by atoms with Gasteiger partial charge in [-0.3, -0.25) is 10.2 Å². The molecule has 2 heterocycles. The lowest BCUT2D eigenvalue weighted by Crippen LogP contribution is -2.51. The smallest absolute Gasteiger partial charge is 0.0724 e. The Bertz CT molecular complexity index is 260. The highest BCUT2D eigenvalue weighted by Gasteiger charge is 2.44. The molecule has 3 aliphatic rings. The van der Waals surface area contributed by atoms with Gasteiger partial charge in [-0.05, 0) is 25.2 Å². The van der Waals surface area contributed by atoms with Crippen LogP contribution in [0.4, 0.5) is 0 Å². The molecule has 2 aliphatic heterocycles. The molecule has 4 heteroatoms. The molecule has 3 fully saturated rings. The van der Waals surface area contributed by atoms with Crippen molar-refractivity contribution in [2.75, 3.05) is 19.8 Å². The number of alkyl halides is 1. The minimum Gasteiger partial charge on any atom is -0.377 e. The van der Waals surface area contributed by atoms with E-state index in [2.05, 4.69) is 33.1 Å². The van der Waals surface area contributed by atoms with Gasteiger partial charge >= 0.3 is 0 Å². The number of fused-ring (bicyclic) bond motifs is 1. The molecule has 106 valence electrons. The SMILES string of the molecule is CC.CC1CCC(Br)C2NCN(CC3CCO3)C12. The summed E-state index contributed by atoms with van der Waals surface area (Å²) in [5, 5.41) is 3.67. The molecule has 0 aromatic rings. The molecule has 1 saturated carbocycles. The van der Waals surface area contributed by atoms with Gasteiger partial charge in [-0.15, -0.1) is 0 Å². The average molecular weight is 319 g/mol. The zero-order chi connectivity index (χ0) is 13.1. The van der Waals surface area contributed by atoms with E-state index in [9.17, 15) is 0 Å². The molecule has 0 aromatic heterocycles. The lowest BCUT2D eigenvalue weighted by atomic mass is 9.82. The van der Waals surface area contributed by atoms with Crippen LogP contribution in [-0.2, 0) is 4.74 Å². The second-order valence-corrected chi connectivity index (χ2v) is 6.68. The fraction of sp³-hybridized carbons (Fsp3) is 1.00. The molecule has 3 nitrogen and oxygen atoms in total. The summed E-state index contributed by atoms with van der Waals surface area (Å²) in [5.74, 6) is 0.814. The minimum absolute atomic E-state index is 0.503. The third-order valence-corrected chi connectivity index (χ3v) is 5.45. The summed E-state index contributed by atoms with van der Waals surface area (Å²) in [6.07, 6.45) is 4.41. The number of halogens is 1. The van der Waals surface area contributed by atoms with Crippen LogP contribution < -0.4 is 5.32 Å². The number of nitrogens with zero attached hydrogens (tertiary/aromatic N) is 1. The van der Waals surface area contributed by atoms with Crippen LogP contribution in [0.3, 0.4) is 0 Å². The van der Waals surface area contributed by atoms with Gasteiger partial charge in [0.25, 0.3) is 0 Å². The normalized spacial score (nSPS) is 43.7. The Hall–Kier alpha value is 0.360. The van der Waals surface area contributed by atoms with Gasteiger partial charge in [0.05, 0.1) is 6.10 Å². The number of hydrogen-bond donors (Lipinski definition) is 1. The first-order valence-electron chi connectivity index (χ1n) is 7.49. The van der Waals surface area contributed by atoms with E-state index >= 15 is 0 Å². The third kappa shape index (κ3) is 2.92. The van der Waals surface area contributed by atoms with Crippen molar-refractivity contribution in [3.63, 3.8) is 0 Å². The van der Waals surface area contributed by atoms with Crippen LogP contribution in [0.5, 0.6) is 0 Å². The van der Waals surface area contributed by atoms with Gasteiger partial charge in [-0.2, -0.15) is 0 Å². The monoisotopic (exact) mass is 318 g/mol. The Morgan fingerprint density at radius 2 is 2.00 bits per heavy atom. The molecule has 5 atom stereocenters. The van der Waals surface area contributed by atoms with Crippen LogP contribution in [0.2, 0.25) is 0 Å². The van der Waals surface area contributed by atoms with Crippen molar-refractivity contribution < 1.29 is 4.74 Å². The lowest BCUT2D eigenvalue weighted by molar-refractivity contribution is -0.0717. The Morgan fingerprint density at radius 3 is 2.61 bits per heavy atom. The highest BCUT2D eigenvalue weighted by atomic mass is 79.9. The Balaban J connectivity index is 0.000000574. The molecule has 2 saturated heterocycles. The maximum absolute atomic E-state index is 5.55. The molecule has 5 unspecified atom stereocenters. The molecule has 0 aromatic carbocycles. The molecular formula is C14H27BrN2O. The van der Waals surface area contributed by atoms with Gasteiger partial charge in [0, 0.05) is 36.7 Å². The fourth-order valence-corrected chi connectivity index (χ4v) is 4.14. The quantitative estimate of drug-likeness (QED) is 0.792. The van der Waals surface area contributed by atoms with E-state index in [0.29, 0.717) is 23.0 Å². The van der Waals surface area contributed by atoms with Gasteiger partial charge in [0.1, 0.15) is 0 Å². The van der Waals surface area contributed by atoms with Crippen molar-refractivity contribution in [3.05, 3.63) is 0 Å². The van der Waals surface area contributed by atoms with Gasteiger partial charge in [0.2, 0.25) is 0 Å². The van der Waals surface area contributed by atoms with Crippen molar-refractivity contribution in [1.29, 1.82) is 0 Å². The molecule has 0 radical (unpaired) electrons. The van der Waals surface area contributed by atoms with Crippen LogP contribution >= 0.6 is 15.9 Å². The fourth-order valence-electron chi connectivity index (χ4n) is 3.38. The summed E-state index contributed by atoms with van der Waals surface area (Å²) >= 11 is 3.83. The van der Waals surface area contributed by atoms with E-state index in [1.54, 1.807) is 0 Å². The summed E-state index contributed by atoms with van der Waals surface area (Å²) in [5.41, 5.74) is 0. The first-order valence-corrected chi connectivity index (χ1v) is 8.40. The Morgan fingerprint density at radius 1 is 1.28 bits per heavy atom. The van der Waals surface area contributed by atoms with Gasteiger partial charge in [-0.25, -0.2) is 0 Å². The van der Waals surface area contributed by atoms with E-state index < -0.39 is 0 Å². The first kappa shape index (κ1) is 14.8. The Labute approximate surface area is 120 Å². The number of nitrogens with one attached hydrogen (secondary N) is 1. The summed E-state index contributed by atoms with van der Waals surface area (Å²) in [4.78, 5) is 3.26. The molecule has 1 aliphatic carbocycles. The maximum atomic E-state index is 5.55. The van der Waals surface area contributed by atoms with Gasteiger partial charge < -0.3 is 4.74 Å². The summed E-state index contributed by atoms with van der Waals surface area (Å²) in [7, 11) is 0. The number of hydrogen-bond acceptors (Lipinski definition) is 3. The van der Waals surface area contributed by atoms with Gasteiger partial charge in [0.15, 0.2) is 0 Å². The summed E-state index contributed by atoms with van der Waals surface area (Å²) < 4.78 is 5.55. The topological polar surface area (TPSA) is 24.5 Å². The number of ether oxygens (including phenoxy) is 1. The van der Waals surface area contributed by atoms with Crippen LogP contribution in [0.15, 0.2) is 0 Å². The molecule has 1 N–H and O–H groups in total. The van der Waals surface area contributed by atoms with Gasteiger partial charge in [-0.1, -0.05) is 36.7 Å². The van der Waals surface area contributed by atoms with Crippen LogP contribution in [-0.4, -0.2) is 47.7 Å². The van der Waals surface area contributed by atoms with Crippen LogP contribution in [0, 0.1) is 5.92 Å². The van der Waals surface area contributed by atoms with E-state index in [0.717, 1.165) is 25.7 Å². The van der Waals surface area contributed by atoms with E-state index in [-0.39, 0.29) is 0 Å². The molecule has 0 amide bonds. The molecule has 3 rings (SSSR count). The predicted molar refractivity (Wildman–Crippen MR) is 79.1 cm³/mol. The Kier molecular flexibility index (Phi) is 5.48. The lowest BCUT2D eigenvalue weighted by Gasteiger charge is -2.40. The first-order chi connectivity index (χ1) is 8.75. The highest BCUT2D eigenvalue weighted by molar-refractivity contribution is 9.09. The second-order valence-electron chi connectivity index (χ2n) is 5.50. The zero-order valence-electron chi connectivity index (χ0n) is 11.9. The van der Waals surface area contributed by atoms with E-state index in [4.69, 9.17) is 4.74 Å². The minimum atomic E-state index is 0.503. The van der Waals surface area contributed by atoms with Crippen LogP contribution in [0.25, 0.3) is 0 Å². The van der Waals surface area contributed by atoms with Crippen molar-refractivity contribution in [2.24, 2.45) is 5.92 Å². The van der Waals surface area contributed by atoms with E-state index in [1.807, 2.05) is 13.8 Å². The predicted octanol–water partition coefficient (Wildman–Crippen LogP) is 2.59. The summed E-state index contributed by atoms with van der Waals surface area (Å²) in [6.45, 7) is 9.54. The zero-order valence-corrected chi connectivity index (χ0v) is 13.4. The van der Waals surface area contributed by atoms with Crippen molar-refractivity contribution >= 4 is 15.9 Å². The molecule has 18 heavy (non-hydrogen) atoms. The number of rotatable bonds is 2. The summed E-state index contributed by atoms with van der Waals surface area (Å²) in [6, 6.07) is 1.35. The second kappa shape index (κ2) is 6.69. The molecule has 0 spiro atoms. The largest absolute Gasteiger partial charge is 0.377 e. The molecule has 0 bridgehead atoms. The van der Waals surface area contributed by atoms with Crippen molar-refractivity contribution in [2.45, 2.75) is 63.0 Å². The van der Waals surface area contributed by atoms with E-state index in [1.165, 1.54) is 19.3 Å². The highest BCUT2D eigenvalue weighted by Crippen LogP contribution is 2.35.